The van der Waals surface area contributed by atoms with Gasteiger partial charge >= 0.3 is 51.4 Å². The topological polar surface area (TPSA) is 66.6 Å². The van der Waals surface area contributed by atoms with Crippen LogP contribution in [0.5, 0.6) is 0 Å². The fraction of sp³-hybridized carbons (Fsp3) is 0.619. The number of ketones is 1. The van der Waals surface area contributed by atoms with E-state index in [0.29, 0.717) is 12.0 Å². The van der Waals surface area contributed by atoms with Gasteiger partial charge in [0.15, 0.2) is 5.78 Å². The second-order valence-electron chi connectivity index (χ2n) is 7.82. The molecule has 5 nitrogen and oxygen atoms in total. The van der Waals surface area contributed by atoms with Crippen LogP contribution in [0.3, 0.4) is 0 Å². The Balaban J connectivity index is 0.00000210. The third kappa shape index (κ3) is 5.94. The first-order valence-corrected chi connectivity index (χ1v) is 10.1. The summed E-state index contributed by atoms with van der Waals surface area (Å²) in [5.41, 5.74) is 5.90. The Morgan fingerprint density at radius 2 is 1.64 bits per heavy atom. The van der Waals surface area contributed by atoms with E-state index >= 15 is 0 Å². The number of primary amides is 1. The maximum Gasteiger partial charge on any atom is 1.00 e. The van der Waals surface area contributed by atoms with E-state index in [1.54, 1.807) is 12.1 Å². The van der Waals surface area contributed by atoms with Crippen molar-refractivity contribution in [3.05, 3.63) is 35.6 Å². The molecule has 0 aliphatic carbocycles. The summed E-state index contributed by atoms with van der Waals surface area (Å²) in [4.78, 5) is 29.1. The SMILES string of the molecule is NC(=O)C1(N2CCCCC2)CCN(CCCC(=O)c2ccc(F)cc2)CC1.[H-].[K+]. The molecule has 0 spiro atoms. The van der Waals surface area contributed by atoms with Crippen LogP contribution in [0, 0.1) is 5.82 Å². The van der Waals surface area contributed by atoms with Gasteiger partial charge in [0.25, 0.3) is 0 Å². The van der Waals surface area contributed by atoms with Gasteiger partial charge in [-0.3, -0.25) is 14.5 Å². The van der Waals surface area contributed by atoms with Crippen LogP contribution in [0.25, 0.3) is 0 Å². The van der Waals surface area contributed by atoms with Crippen molar-refractivity contribution in [2.75, 3.05) is 32.7 Å². The van der Waals surface area contributed by atoms with Crippen molar-refractivity contribution in [1.29, 1.82) is 0 Å². The zero-order valence-electron chi connectivity index (χ0n) is 18.0. The number of likely N-dealkylation sites (tertiary alicyclic amines) is 2. The number of nitrogens with two attached hydrogens (primary N) is 1. The van der Waals surface area contributed by atoms with Gasteiger partial charge in [0.1, 0.15) is 11.4 Å². The summed E-state index contributed by atoms with van der Waals surface area (Å²) >= 11 is 0. The predicted octanol–water partition coefficient (Wildman–Crippen LogP) is -0.289. The number of carbonyl (C=O) groups excluding carboxylic acids is 2. The first kappa shape index (κ1) is 24.1. The molecule has 0 aromatic heterocycles. The molecular formula is C21H31FKN3O2. The minimum Gasteiger partial charge on any atom is -1.00 e. The van der Waals surface area contributed by atoms with Gasteiger partial charge in [-0.05, 0) is 76.0 Å². The zero-order valence-corrected chi connectivity index (χ0v) is 20.1. The molecule has 0 saturated carbocycles. The molecule has 2 fully saturated rings. The summed E-state index contributed by atoms with van der Waals surface area (Å²) < 4.78 is 12.9. The van der Waals surface area contributed by atoms with Crippen LogP contribution in [-0.4, -0.2) is 59.8 Å². The van der Waals surface area contributed by atoms with Crippen LogP contribution in [0.2, 0.25) is 0 Å². The van der Waals surface area contributed by atoms with Crippen LogP contribution in [-0.2, 0) is 4.79 Å². The molecule has 1 aromatic carbocycles. The van der Waals surface area contributed by atoms with Crippen LogP contribution in [0.4, 0.5) is 4.39 Å². The van der Waals surface area contributed by atoms with Gasteiger partial charge in [0.2, 0.25) is 5.91 Å². The number of piperidine rings is 2. The van der Waals surface area contributed by atoms with E-state index in [0.717, 1.165) is 64.8 Å². The Bertz CT molecular complexity index is 660. The predicted molar refractivity (Wildman–Crippen MR) is 104 cm³/mol. The summed E-state index contributed by atoms with van der Waals surface area (Å²) in [5.74, 6) is -0.464. The molecule has 0 bridgehead atoms. The molecule has 28 heavy (non-hydrogen) atoms. The molecule has 150 valence electrons. The summed E-state index contributed by atoms with van der Waals surface area (Å²) in [5, 5.41) is 0. The maximum atomic E-state index is 12.9. The van der Waals surface area contributed by atoms with Gasteiger partial charge in [-0.1, -0.05) is 6.42 Å². The summed E-state index contributed by atoms with van der Waals surface area (Å²) in [7, 11) is 0. The minimum atomic E-state index is -0.485. The van der Waals surface area contributed by atoms with E-state index < -0.39 is 5.54 Å². The molecule has 2 heterocycles. The molecule has 2 aliphatic rings. The Morgan fingerprint density at radius 1 is 1.04 bits per heavy atom. The van der Waals surface area contributed by atoms with Crippen molar-refractivity contribution < 1.29 is 66.8 Å². The monoisotopic (exact) mass is 415 g/mol. The van der Waals surface area contributed by atoms with Gasteiger partial charge in [-0.2, -0.15) is 0 Å². The van der Waals surface area contributed by atoms with Crippen LogP contribution < -0.4 is 57.1 Å². The smallest absolute Gasteiger partial charge is 1.00 e. The Kier molecular flexibility index (Phi) is 9.73. The van der Waals surface area contributed by atoms with E-state index in [-0.39, 0.29) is 70.3 Å². The minimum absolute atomic E-state index is 0. The molecule has 1 aromatic rings. The molecule has 1 amide bonds. The zero-order chi connectivity index (χ0) is 19.3. The summed E-state index contributed by atoms with van der Waals surface area (Å²) in [6.45, 7) is 4.44. The summed E-state index contributed by atoms with van der Waals surface area (Å²) in [6.07, 6.45) is 6.29. The van der Waals surface area contributed by atoms with E-state index in [4.69, 9.17) is 5.73 Å². The van der Waals surface area contributed by atoms with Crippen molar-refractivity contribution >= 4 is 11.7 Å². The number of Topliss-reactive ketones (excluding diaryl/α,β-unsaturated/α-hetero) is 1. The van der Waals surface area contributed by atoms with E-state index in [1.165, 1.54) is 18.6 Å². The largest absolute Gasteiger partial charge is 1.00 e. The molecule has 7 heteroatoms. The molecule has 0 radical (unpaired) electrons. The van der Waals surface area contributed by atoms with E-state index in [9.17, 15) is 14.0 Å². The van der Waals surface area contributed by atoms with Crippen LogP contribution >= 0.6 is 0 Å². The average molecular weight is 416 g/mol. The number of amides is 1. The van der Waals surface area contributed by atoms with Gasteiger partial charge in [-0.15, -0.1) is 0 Å². The molecule has 2 aliphatic heterocycles. The Labute approximate surface area is 211 Å². The second kappa shape index (κ2) is 11.3. The van der Waals surface area contributed by atoms with Crippen molar-refractivity contribution in [3.63, 3.8) is 0 Å². The molecular weight excluding hydrogens is 384 g/mol. The molecule has 0 unspecified atom stereocenters. The van der Waals surface area contributed by atoms with E-state index in [1.807, 2.05) is 0 Å². The van der Waals surface area contributed by atoms with Gasteiger partial charge in [-0.25, -0.2) is 4.39 Å². The van der Waals surface area contributed by atoms with Crippen LogP contribution in [0.1, 0.15) is 56.7 Å². The number of nitrogens with zero attached hydrogens (tertiary/aromatic N) is 2. The van der Waals surface area contributed by atoms with Crippen molar-refractivity contribution in [1.82, 2.24) is 9.80 Å². The number of halogens is 1. The molecule has 2 saturated heterocycles. The number of carbonyl (C=O) groups is 2. The molecule has 3 rings (SSSR count). The first-order valence-electron chi connectivity index (χ1n) is 10.1. The van der Waals surface area contributed by atoms with Gasteiger partial charge < -0.3 is 12.1 Å². The molecule has 0 atom stereocenters. The quantitative estimate of drug-likeness (QED) is 0.491. The second-order valence-corrected chi connectivity index (χ2v) is 7.82. The standard InChI is InChI=1S/C21H30FN3O2.K.H/c22-18-8-6-17(7-9-18)19(26)5-4-12-24-15-10-21(11-16-24,20(23)27)25-13-2-1-3-14-25;;/h6-9H,1-5,10-16H2,(H2,23,27);;/q;+1;-1. The van der Waals surface area contributed by atoms with Crippen LogP contribution in [0.15, 0.2) is 24.3 Å². The van der Waals surface area contributed by atoms with E-state index in [2.05, 4.69) is 9.80 Å². The first-order chi connectivity index (χ1) is 13.0. The number of hydrogen-bond donors (Lipinski definition) is 1. The fourth-order valence-corrected chi connectivity index (χ4v) is 4.43. The van der Waals surface area contributed by atoms with Crippen molar-refractivity contribution in [3.8, 4) is 0 Å². The third-order valence-corrected chi connectivity index (χ3v) is 6.15. The third-order valence-electron chi connectivity index (χ3n) is 6.15. The Morgan fingerprint density at radius 3 is 2.21 bits per heavy atom. The number of hydrogen-bond acceptors (Lipinski definition) is 4. The van der Waals surface area contributed by atoms with Crippen molar-refractivity contribution in [2.45, 2.75) is 50.5 Å². The Hall–Kier alpha value is -0.154. The summed E-state index contributed by atoms with van der Waals surface area (Å²) in [6, 6.07) is 5.72. The maximum absolute atomic E-state index is 12.9. The number of benzene rings is 1. The average Bonchev–Trinajstić information content (AvgIpc) is 2.69. The van der Waals surface area contributed by atoms with Crippen molar-refractivity contribution in [2.24, 2.45) is 5.73 Å². The fourth-order valence-electron chi connectivity index (χ4n) is 4.43. The normalized spacial score (nSPS) is 20.3. The number of rotatable bonds is 7. The molecule has 2 N–H and O–H groups in total. The van der Waals surface area contributed by atoms with Gasteiger partial charge in [0.05, 0.1) is 0 Å². The van der Waals surface area contributed by atoms with Gasteiger partial charge in [0, 0.05) is 25.1 Å².